The fourth-order valence-electron chi connectivity index (χ4n) is 1.45. The first-order valence-corrected chi connectivity index (χ1v) is 4.68. The van der Waals surface area contributed by atoms with Crippen LogP contribution in [0.15, 0.2) is 9.59 Å². The Morgan fingerprint density at radius 1 is 1.33 bits per heavy atom. The van der Waals surface area contributed by atoms with E-state index < -0.39 is 5.69 Å². The highest BCUT2D eigenvalue weighted by Crippen LogP contribution is 2.04. The molecule has 0 amide bonds. The Bertz CT molecular complexity index is 458. The van der Waals surface area contributed by atoms with E-state index in [1.165, 1.54) is 7.05 Å². The maximum absolute atomic E-state index is 11.7. The van der Waals surface area contributed by atoms with E-state index in [2.05, 4.69) is 10.2 Å². The Morgan fingerprint density at radius 2 is 2.00 bits per heavy atom. The molecule has 1 N–H and O–H groups in total. The number of hydrogen-bond acceptors (Lipinski definition) is 5. The standard InChI is InChI=1S/C8H12N4O3/c1-11-7(13)6(9-10-8(11)14)12-2-4-15-5-3-12/h2-5H2,1H3,(H,10,14). The van der Waals surface area contributed by atoms with Crippen LogP contribution in [0.3, 0.4) is 0 Å². The average molecular weight is 212 g/mol. The number of rotatable bonds is 1. The fourth-order valence-corrected chi connectivity index (χ4v) is 1.45. The van der Waals surface area contributed by atoms with Crippen molar-refractivity contribution in [1.29, 1.82) is 0 Å². The lowest BCUT2D eigenvalue weighted by Gasteiger charge is -2.26. The lowest BCUT2D eigenvalue weighted by molar-refractivity contribution is 0.122. The van der Waals surface area contributed by atoms with E-state index in [9.17, 15) is 9.59 Å². The first-order valence-electron chi connectivity index (χ1n) is 4.68. The van der Waals surface area contributed by atoms with Crippen molar-refractivity contribution < 1.29 is 4.74 Å². The third kappa shape index (κ3) is 1.78. The summed E-state index contributed by atoms with van der Waals surface area (Å²) in [7, 11) is 1.42. The lowest BCUT2D eigenvalue weighted by atomic mass is 10.4. The molecule has 7 nitrogen and oxygen atoms in total. The van der Waals surface area contributed by atoms with Crippen molar-refractivity contribution in [2.24, 2.45) is 7.05 Å². The maximum atomic E-state index is 11.7. The van der Waals surface area contributed by atoms with Crippen molar-refractivity contribution in [2.75, 3.05) is 31.2 Å². The average Bonchev–Trinajstić information content (AvgIpc) is 2.27. The van der Waals surface area contributed by atoms with Crippen molar-refractivity contribution in [2.45, 2.75) is 0 Å². The number of H-pyrrole nitrogens is 1. The van der Waals surface area contributed by atoms with Crippen LogP contribution >= 0.6 is 0 Å². The second-order valence-corrected chi connectivity index (χ2v) is 3.32. The van der Waals surface area contributed by atoms with Crippen LogP contribution in [0.2, 0.25) is 0 Å². The van der Waals surface area contributed by atoms with Gasteiger partial charge in [0.15, 0.2) is 0 Å². The van der Waals surface area contributed by atoms with Gasteiger partial charge in [0.1, 0.15) is 0 Å². The number of aromatic amines is 1. The summed E-state index contributed by atoms with van der Waals surface area (Å²) in [6.07, 6.45) is 0. The van der Waals surface area contributed by atoms with Crippen molar-refractivity contribution >= 4 is 5.82 Å². The smallest absolute Gasteiger partial charge is 0.344 e. The van der Waals surface area contributed by atoms with Gasteiger partial charge in [-0.15, -0.1) is 5.10 Å². The summed E-state index contributed by atoms with van der Waals surface area (Å²) >= 11 is 0. The molecule has 0 spiro atoms. The SMILES string of the molecule is Cn1c(=O)[nH]nc(N2CCOCC2)c1=O. The van der Waals surface area contributed by atoms with Gasteiger partial charge in [-0.1, -0.05) is 0 Å². The first kappa shape index (κ1) is 9.91. The Labute approximate surface area is 85.3 Å². The molecule has 7 heteroatoms. The maximum Gasteiger partial charge on any atom is 0.344 e. The molecule has 2 rings (SSSR count). The fraction of sp³-hybridized carbons (Fsp3) is 0.625. The molecule has 1 aliphatic rings. The topological polar surface area (TPSA) is 80.2 Å². The van der Waals surface area contributed by atoms with E-state index >= 15 is 0 Å². The Kier molecular flexibility index (Phi) is 2.55. The molecule has 1 aromatic rings. The van der Waals surface area contributed by atoms with Gasteiger partial charge in [-0.25, -0.2) is 9.89 Å². The largest absolute Gasteiger partial charge is 0.378 e. The number of morpholine rings is 1. The molecule has 0 saturated carbocycles. The molecule has 1 saturated heterocycles. The zero-order valence-electron chi connectivity index (χ0n) is 8.39. The number of anilines is 1. The summed E-state index contributed by atoms with van der Waals surface area (Å²) in [5.74, 6) is 0.278. The Balaban J connectivity index is 2.40. The quantitative estimate of drug-likeness (QED) is 0.600. The van der Waals surface area contributed by atoms with Gasteiger partial charge < -0.3 is 9.64 Å². The summed E-state index contributed by atoms with van der Waals surface area (Å²) < 4.78 is 6.18. The van der Waals surface area contributed by atoms with Crippen molar-refractivity contribution in [3.63, 3.8) is 0 Å². The number of nitrogens with one attached hydrogen (secondary N) is 1. The first-order chi connectivity index (χ1) is 7.20. The molecule has 1 aromatic heterocycles. The molecule has 15 heavy (non-hydrogen) atoms. The summed E-state index contributed by atoms with van der Waals surface area (Å²) in [6.45, 7) is 2.39. The van der Waals surface area contributed by atoms with Crippen molar-refractivity contribution in [3.8, 4) is 0 Å². The molecule has 0 unspecified atom stereocenters. The van der Waals surface area contributed by atoms with E-state index in [0.29, 0.717) is 26.3 Å². The predicted molar refractivity (Wildman–Crippen MR) is 53.1 cm³/mol. The Hall–Kier alpha value is -1.63. The third-order valence-corrected chi connectivity index (χ3v) is 2.37. The minimum Gasteiger partial charge on any atom is -0.378 e. The van der Waals surface area contributed by atoms with Crippen LogP contribution in [0.25, 0.3) is 0 Å². The zero-order chi connectivity index (χ0) is 10.8. The van der Waals surface area contributed by atoms with E-state index in [0.717, 1.165) is 4.57 Å². The normalized spacial score (nSPS) is 16.7. The molecule has 0 aliphatic carbocycles. The van der Waals surface area contributed by atoms with Gasteiger partial charge in [-0.3, -0.25) is 9.36 Å². The van der Waals surface area contributed by atoms with Crippen LogP contribution in [0.4, 0.5) is 5.82 Å². The molecule has 0 bridgehead atoms. The van der Waals surface area contributed by atoms with Gasteiger partial charge in [-0.2, -0.15) is 0 Å². The van der Waals surface area contributed by atoms with E-state index in [4.69, 9.17) is 4.74 Å². The van der Waals surface area contributed by atoms with Crippen LogP contribution in [0.1, 0.15) is 0 Å². The number of aromatic nitrogens is 3. The van der Waals surface area contributed by atoms with Crippen molar-refractivity contribution in [1.82, 2.24) is 14.8 Å². The highest BCUT2D eigenvalue weighted by Gasteiger charge is 2.17. The summed E-state index contributed by atoms with van der Waals surface area (Å²) in [5, 5.41) is 6.04. The zero-order valence-corrected chi connectivity index (χ0v) is 8.39. The second-order valence-electron chi connectivity index (χ2n) is 3.32. The van der Waals surface area contributed by atoms with Gasteiger partial charge in [-0.05, 0) is 0 Å². The van der Waals surface area contributed by atoms with Crippen LogP contribution < -0.4 is 16.1 Å². The highest BCUT2D eigenvalue weighted by atomic mass is 16.5. The van der Waals surface area contributed by atoms with Crippen LogP contribution in [-0.2, 0) is 11.8 Å². The van der Waals surface area contributed by atoms with E-state index in [-0.39, 0.29) is 11.4 Å². The highest BCUT2D eigenvalue weighted by molar-refractivity contribution is 5.34. The monoisotopic (exact) mass is 212 g/mol. The van der Waals surface area contributed by atoms with Gasteiger partial charge in [0.25, 0.3) is 5.56 Å². The Morgan fingerprint density at radius 3 is 2.67 bits per heavy atom. The molecule has 1 aliphatic heterocycles. The van der Waals surface area contributed by atoms with Gasteiger partial charge in [0.05, 0.1) is 13.2 Å². The second kappa shape index (κ2) is 3.85. The molecule has 1 fully saturated rings. The molecular formula is C8H12N4O3. The number of ether oxygens (including phenoxy) is 1. The third-order valence-electron chi connectivity index (χ3n) is 2.37. The van der Waals surface area contributed by atoms with Gasteiger partial charge in [0.2, 0.25) is 5.82 Å². The van der Waals surface area contributed by atoms with E-state index in [1.807, 2.05) is 4.90 Å². The number of hydrogen-bond donors (Lipinski definition) is 1. The molecule has 0 atom stereocenters. The minimum atomic E-state index is -0.503. The van der Waals surface area contributed by atoms with Crippen molar-refractivity contribution in [3.05, 3.63) is 20.8 Å². The molecule has 0 aromatic carbocycles. The van der Waals surface area contributed by atoms with Gasteiger partial charge >= 0.3 is 5.69 Å². The van der Waals surface area contributed by atoms with Gasteiger partial charge in [0, 0.05) is 20.1 Å². The lowest BCUT2D eigenvalue weighted by Crippen LogP contribution is -2.44. The molecule has 2 heterocycles. The number of nitrogens with zero attached hydrogens (tertiary/aromatic N) is 3. The predicted octanol–water partition coefficient (Wildman–Crippen LogP) is -1.69. The van der Waals surface area contributed by atoms with Crippen LogP contribution in [0.5, 0.6) is 0 Å². The summed E-state index contributed by atoms with van der Waals surface area (Å²) in [5.41, 5.74) is -0.877. The molecular weight excluding hydrogens is 200 g/mol. The van der Waals surface area contributed by atoms with Crippen LogP contribution in [-0.4, -0.2) is 41.1 Å². The van der Waals surface area contributed by atoms with Crippen LogP contribution in [0, 0.1) is 0 Å². The molecule has 82 valence electrons. The summed E-state index contributed by atoms with van der Waals surface area (Å²) in [6, 6.07) is 0. The van der Waals surface area contributed by atoms with E-state index in [1.54, 1.807) is 0 Å². The summed E-state index contributed by atoms with van der Waals surface area (Å²) in [4.78, 5) is 24.6. The molecule has 0 radical (unpaired) electrons. The minimum absolute atomic E-state index is 0.278.